The Bertz CT molecular complexity index is 632. The van der Waals surface area contributed by atoms with Crippen molar-refractivity contribution in [2.45, 2.75) is 10.8 Å². The number of nitrogen functional groups attached to an aromatic ring is 1. The first-order chi connectivity index (χ1) is 9.61. The van der Waals surface area contributed by atoms with Gasteiger partial charge in [-0.3, -0.25) is 10.4 Å². The molecule has 0 aliphatic rings. The molecule has 0 atom stereocenters. The number of rotatable bonds is 5. The van der Waals surface area contributed by atoms with Gasteiger partial charge >= 0.3 is 0 Å². The van der Waals surface area contributed by atoms with Gasteiger partial charge in [-0.25, -0.2) is 0 Å². The first kappa shape index (κ1) is 14.6. The number of thioether (sulfide) groups is 1. The highest BCUT2D eigenvalue weighted by Crippen LogP contribution is 2.30. The van der Waals surface area contributed by atoms with E-state index >= 15 is 0 Å². The summed E-state index contributed by atoms with van der Waals surface area (Å²) in [5, 5.41) is 7.50. The molecule has 0 aliphatic heterocycles. The fraction of sp³-hybridized carbons (Fsp3) is 0.143. The summed E-state index contributed by atoms with van der Waals surface area (Å²) in [6.45, 7) is 0.547. The van der Waals surface area contributed by atoms with E-state index in [0.29, 0.717) is 12.4 Å². The van der Waals surface area contributed by atoms with Crippen molar-refractivity contribution in [2.75, 3.05) is 6.26 Å². The van der Waals surface area contributed by atoms with Crippen molar-refractivity contribution in [3.05, 3.63) is 52.4 Å². The molecular weight excluding hydrogens is 288 g/mol. The van der Waals surface area contributed by atoms with Crippen LogP contribution in [0.1, 0.15) is 16.0 Å². The molecule has 1 aromatic heterocycles. The van der Waals surface area contributed by atoms with Crippen LogP contribution in [0.5, 0.6) is 0 Å². The lowest BCUT2D eigenvalue weighted by Gasteiger charge is -2.01. The van der Waals surface area contributed by atoms with Crippen LogP contribution < -0.4 is 11.5 Å². The Hall–Kier alpha value is -1.79. The molecular formula is C14H16N4S2. The van der Waals surface area contributed by atoms with E-state index in [9.17, 15) is 0 Å². The molecule has 0 saturated carbocycles. The van der Waals surface area contributed by atoms with Crippen LogP contribution in [0.15, 0.2) is 45.6 Å². The van der Waals surface area contributed by atoms with Crippen LogP contribution in [0.2, 0.25) is 0 Å². The van der Waals surface area contributed by atoms with Gasteiger partial charge in [-0.15, -0.1) is 23.1 Å². The minimum atomic E-state index is 0.0624. The number of thiophene rings is 1. The summed E-state index contributed by atoms with van der Waals surface area (Å²) in [5.41, 5.74) is 13.6. The summed E-state index contributed by atoms with van der Waals surface area (Å²) >= 11 is 3.06. The van der Waals surface area contributed by atoms with Gasteiger partial charge < -0.3 is 11.5 Å². The molecule has 0 aliphatic carbocycles. The lowest BCUT2D eigenvalue weighted by molar-refractivity contribution is 1.06. The second-order valence-corrected chi connectivity index (χ2v) is 6.24. The van der Waals surface area contributed by atoms with Crippen molar-refractivity contribution in [2.24, 2.45) is 16.5 Å². The Labute approximate surface area is 126 Å². The molecule has 0 spiro atoms. The van der Waals surface area contributed by atoms with Gasteiger partial charge in [-0.1, -0.05) is 30.3 Å². The van der Waals surface area contributed by atoms with Crippen LogP contribution in [0.4, 0.5) is 0 Å². The maximum absolute atomic E-state index is 7.50. The Morgan fingerprint density at radius 2 is 2.00 bits per heavy atom. The van der Waals surface area contributed by atoms with Crippen LogP contribution in [0.25, 0.3) is 0 Å². The van der Waals surface area contributed by atoms with Crippen molar-refractivity contribution in [1.82, 2.24) is 0 Å². The van der Waals surface area contributed by atoms with E-state index in [-0.39, 0.29) is 5.84 Å². The molecule has 1 heterocycles. The molecule has 20 heavy (non-hydrogen) atoms. The Kier molecular flexibility index (Phi) is 4.81. The number of benzene rings is 1. The van der Waals surface area contributed by atoms with E-state index in [1.807, 2.05) is 42.7 Å². The van der Waals surface area contributed by atoms with Crippen LogP contribution in [0.3, 0.4) is 0 Å². The van der Waals surface area contributed by atoms with E-state index < -0.39 is 0 Å². The number of nitrogens with one attached hydrogen (secondary N) is 1. The third kappa shape index (κ3) is 3.40. The number of nitrogens with two attached hydrogens (primary N) is 2. The van der Waals surface area contributed by atoms with Gasteiger partial charge in [0.25, 0.3) is 0 Å². The van der Waals surface area contributed by atoms with E-state index in [4.69, 9.17) is 16.9 Å². The molecule has 1 aromatic carbocycles. The number of nitrogens with zero attached hydrogens (tertiary/aromatic N) is 1. The Morgan fingerprint density at radius 1 is 1.30 bits per heavy atom. The fourth-order valence-electron chi connectivity index (χ4n) is 1.68. The van der Waals surface area contributed by atoms with E-state index in [1.165, 1.54) is 11.3 Å². The average molecular weight is 304 g/mol. The summed E-state index contributed by atoms with van der Waals surface area (Å²) in [6, 6.07) is 11.8. The van der Waals surface area contributed by atoms with Crippen LogP contribution >= 0.6 is 23.1 Å². The SMILES string of the molecule is CSc1sc(C(=N)N)cc1C(N)=NCc1ccccc1. The summed E-state index contributed by atoms with van der Waals surface area (Å²) in [5.74, 6) is 0.550. The molecule has 0 amide bonds. The molecule has 0 saturated heterocycles. The molecule has 104 valence electrons. The van der Waals surface area contributed by atoms with Crippen molar-refractivity contribution >= 4 is 34.8 Å². The van der Waals surface area contributed by atoms with Crippen molar-refractivity contribution in [3.8, 4) is 0 Å². The average Bonchev–Trinajstić information content (AvgIpc) is 2.90. The standard InChI is InChI=1S/C14H16N4S2/c1-19-14-10(7-11(20-14)12(15)16)13(17)18-8-9-5-3-2-4-6-9/h2-7H,8H2,1H3,(H3,15,16)(H2,17,18). The van der Waals surface area contributed by atoms with Crippen molar-refractivity contribution in [1.29, 1.82) is 5.41 Å². The first-order valence-electron chi connectivity index (χ1n) is 5.98. The maximum atomic E-state index is 7.50. The van der Waals surface area contributed by atoms with E-state index in [2.05, 4.69) is 4.99 Å². The Morgan fingerprint density at radius 3 is 2.60 bits per heavy atom. The van der Waals surface area contributed by atoms with Crippen molar-refractivity contribution < 1.29 is 0 Å². The third-order valence-electron chi connectivity index (χ3n) is 2.70. The second kappa shape index (κ2) is 6.58. The van der Waals surface area contributed by atoms with Crippen molar-refractivity contribution in [3.63, 3.8) is 0 Å². The molecule has 6 heteroatoms. The van der Waals surface area contributed by atoms with E-state index in [1.54, 1.807) is 11.8 Å². The zero-order chi connectivity index (χ0) is 14.5. The van der Waals surface area contributed by atoms with Gasteiger partial charge in [0.1, 0.15) is 11.7 Å². The predicted octanol–water partition coefficient (Wildman–Crippen LogP) is 2.66. The normalized spacial score (nSPS) is 11.6. The highest BCUT2D eigenvalue weighted by molar-refractivity contribution is 8.00. The smallest absolute Gasteiger partial charge is 0.133 e. The number of amidine groups is 2. The lowest BCUT2D eigenvalue weighted by atomic mass is 10.2. The number of hydrogen-bond acceptors (Lipinski definition) is 4. The molecule has 5 N–H and O–H groups in total. The zero-order valence-electron chi connectivity index (χ0n) is 11.1. The second-order valence-electron chi connectivity index (χ2n) is 4.12. The molecule has 2 rings (SSSR count). The van der Waals surface area contributed by atoms with Gasteiger partial charge in [0.2, 0.25) is 0 Å². The zero-order valence-corrected chi connectivity index (χ0v) is 12.7. The summed E-state index contributed by atoms with van der Waals surface area (Å²) in [7, 11) is 0. The highest BCUT2D eigenvalue weighted by atomic mass is 32.2. The largest absolute Gasteiger partial charge is 0.383 e. The molecule has 4 nitrogen and oxygen atoms in total. The van der Waals surface area contributed by atoms with Gasteiger partial charge in [0, 0.05) is 5.56 Å². The fourth-order valence-corrected chi connectivity index (χ4v) is 3.43. The first-order valence-corrected chi connectivity index (χ1v) is 8.02. The van der Waals surface area contributed by atoms with Gasteiger partial charge in [-0.2, -0.15) is 0 Å². The summed E-state index contributed by atoms with van der Waals surface area (Å²) in [4.78, 5) is 5.15. The maximum Gasteiger partial charge on any atom is 0.133 e. The number of aliphatic imine (C=N–C) groups is 1. The third-order valence-corrected chi connectivity index (χ3v) is 5.00. The molecule has 0 bridgehead atoms. The van der Waals surface area contributed by atoms with Gasteiger partial charge in [0.15, 0.2) is 0 Å². The molecule has 0 fully saturated rings. The Balaban J connectivity index is 2.24. The number of hydrogen-bond donors (Lipinski definition) is 3. The quantitative estimate of drug-likeness (QED) is 0.451. The predicted molar refractivity (Wildman–Crippen MR) is 88.0 cm³/mol. The van der Waals surface area contributed by atoms with Gasteiger partial charge in [-0.05, 0) is 17.9 Å². The van der Waals surface area contributed by atoms with Crippen LogP contribution in [-0.4, -0.2) is 17.9 Å². The highest BCUT2D eigenvalue weighted by Gasteiger charge is 2.13. The lowest BCUT2D eigenvalue weighted by Crippen LogP contribution is -2.14. The van der Waals surface area contributed by atoms with Gasteiger partial charge in [0.05, 0.1) is 15.6 Å². The summed E-state index contributed by atoms with van der Waals surface area (Å²) < 4.78 is 1.03. The monoisotopic (exact) mass is 304 g/mol. The van der Waals surface area contributed by atoms with Crippen LogP contribution in [0, 0.1) is 5.41 Å². The minimum Gasteiger partial charge on any atom is -0.383 e. The minimum absolute atomic E-state index is 0.0624. The topological polar surface area (TPSA) is 88.2 Å². The summed E-state index contributed by atoms with van der Waals surface area (Å²) in [6.07, 6.45) is 1.98. The molecule has 0 unspecified atom stereocenters. The molecule has 2 aromatic rings. The van der Waals surface area contributed by atoms with Crippen LogP contribution in [-0.2, 0) is 6.54 Å². The molecule has 0 radical (unpaired) electrons. The van der Waals surface area contributed by atoms with E-state index in [0.717, 1.165) is 20.2 Å².